The van der Waals surface area contributed by atoms with E-state index in [2.05, 4.69) is 36.1 Å². The molecule has 0 atom stereocenters. The molecular formula is C22H25N3O2. The van der Waals surface area contributed by atoms with E-state index in [1.165, 1.54) is 11.1 Å². The fourth-order valence-corrected chi connectivity index (χ4v) is 3.33. The van der Waals surface area contributed by atoms with Crippen LogP contribution in [0.15, 0.2) is 48.5 Å². The van der Waals surface area contributed by atoms with Gasteiger partial charge in [0, 0.05) is 26.2 Å². The Hall–Kier alpha value is -2.84. The van der Waals surface area contributed by atoms with Gasteiger partial charge in [-0.05, 0) is 55.6 Å². The number of nitrogens with zero attached hydrogens (tertiary/aromatic N) is 3. The Bertz CT molecular complexity index is 820. The number of piperazine rings is 1. The maximum Gasteiger partial charge on any atom is 0.415 e. The minimum absolute atomic E-state index is 0.343. The number of carbonyl (C=O) groups is 1. The maximum atomic E-state index is 12.3. The number of rotatable bonds is 5. The van der Waals surface area contributed by atoms with Gasteiger partial charge in [0.2, 0.25) is 0 Å². The van der Waals surface area contributed by atoms with Gasteiger partial charge in [-0.15, -0.1) is 0 Å². The SMILES string of the molecule is Cc1ccccc1CCCN1CCN(C(=O)Oc2cccc(C#N)c2)CC1. The molecule has 0 unspecified atom stereocenters. The van der Waals surface area contributed by atoms with Gasteiger partial charge in [0.05, 0.1) is 11.6 Å². The topological polar surface area (TPSA) is 56.6 Å². The van der Waals surface area contributed by atoms with Gasteiger partial charge < -0.3 is 9.64 Å². The molecule has 0 saturated carbocycles. The average molecular weight is 363 g/mol. The van der Waals surface area contributed by atoms with Gasteiger partial charge in [0.25, 0.3) is 0 Å². The monoisotopic (exact) mass is 363 g/mol. The van der Waals surface area contributed by atoms with Gasteiger partial charge in [-0.3, -0.25) is 4.90 Å². The molecule has 0 N–H and O–H groups in total. The third kappa shape index (κ3) is 5.32. The zero-order valence-electron chi connectivity index (χ0n) is 15.7. The van der Waals surface area contributed by atoms with Crippen molar-refractivity contribution < 1.29 is 9.53 Å². The molecule has 5 heteroatoms. The fraction of sp³-hybridized carbons (Fsp3) is 0.364. The van der Waals surface area contributed by atoms with E-state index >= 15 is 0 Å². The molecule has 27 heavy (non-hydrogen) atoms. The Labute approximate surface area is 160 Å². The van der Waals surface area contributed by atoms with Crippen LogP contribution in [0.4, 0.5) is 4.79 Å². The third-order valence-electron chi connectivity index (χ3n) is 4.98. The van der Waals surface area contributed by atoms with Crippen LogP contribution in [0.3, 0.4) is 0 Å². The van der Waals surface area contributed by atoms with Crippen LogP contribution >= 0.6 is 0 Å². The van der Waals surface area contributed by atoms with E-state index in [1.807, 2.05) is 6.07 Å². The number of carbonyl (C=O) groups excluding carboxylic acids is 1. The Balaban J connectivity index is 1.41. The molecule has 1 heterocycles. The number of benzene rings is 2. The summed E-state index contributed by atoms with van der Waals surface area (Å²) < 4.78 is 5.40. The van der Waals surface area contributed by atoms with Crippen LogP contribution in [-0.2, 0) is 6.42 Å². The van der Waals surface area contributed by atoms with Crippen molar-refractivity contribution in [3.05, 3.63) is 65.2 Å². The second-order valence-corrected chi connectivity index (χ2v) is 6.87. The van der Waals surface area contributed by atoms with E-state index < -0.39 is 0 Å². The summed E-state index contributed by atoms with van der Waals surface area (Å²) in [5.74, 6) is 0.416. The molecule has 1 aliphatic heterocycles. The number of nitriles is 1. The average Bonchev–Trinajstić information content (AvgIpc) is 2.70. The van der Waals surface area contributed by atoms with Gasteiger partial charge in [-0.25, -0.2) is 4.79 Å². The predicted octanol–water partition coefficient (Wildman–Crippen LogP) is 3.62. The van der Waals surface area contributed by atoms with Crippen molar-refractivity contribution in [3.8, 4) is 11.8 Å². The molecule has 3 rings (SSSR count). The summed E-state index contributed by atoms with van der Waals surface area (Å²) in [7, 11) is 0. The molecule has 0 aromatic heterocycles. The van der Waals surface area contributed by atoms with Crippen LogP contribution in [0.5, 0.6) is 5.75 Å². The van der Waals surface area contributed by atoms with Gasteiger partial charge >= 0.3 is 6.09 Å². The normalized spacial score (nSPS) is 14.6. The zero-order valence-corrected chi connectivity index (χ0v) is 15.7. The summed E-state index contributed by atoms with van der Waals surface area (Å²) in [4.78, 5) is 16.4. The molecule has 0 spiro atoms. The highest BCUT2D eigenvalue weighted by atomic mass is 16.6. The minimum atomic E-state index is -0.343. The smallest absolute Gasteiger partial charge is 0.410 e. The lowest BCUT2D eigenvalue weighted by Gasteiger charge is -2.34. The van der Waals surface area contributed by atoms with Crippen LogP contribution in [0.1, 0.15) is 23.1 Å². The number of hydrogen-bond acceptors (Lipinski definition) is 4. The van der Waals surface area contributed by atoms with E-state index in [9.17, 15) is 4.79 Å². The lowest BCUT2D eigenvalue weighted by atomic mass is 10.0. The largest absolute Gasteiger partial charge is 0.415 e. The minimum Gasteiger partial charge on any atom is -0.410 e. The molecule has 1 saturated heterocycles. The molecule has 5 nitrogen and oxygen atoms in total. The van der Waals surface area contributed by atoms with E-state index in [-0.39, 0.29) is 6.09 Å². The number of aryl methyl sites for hydroxylation is 2. The summed E-state index contributed by atoms with van der Waals surface area (Å²) in [5, 5.41) is 8.93. The second-order valence-electron chi connectivity index (χ2n) is 6.87. The first-order valence-electron chi connectivity index (χ1n) is 9.39. The van der Waals surface area contributed by atoms with Crippen molar-refractivity contribution in [1.29, 1.82) is 5.26 Å². The Kier molecular flexibility index (Phi) is 6.45. The van der Waals surface area contributed by atoms with Crippen LogP contribution < -0.4 is 4.74 Å². The molecule has 1 amide bonds. The third-order valence-corrected chi connectivity index (χ3v) is 4.98. The lowest BCUT2D eigenvalue weighted by molar-refractivity contribution is 0.110. The summed E-state index contributed by atoms with van der Waals surface area (Å²) in [6.45, 7) is 6.26. The van der Waals surface area contributed by atoms with Gasteiger partial charge in [0.15, 0.2) is 0 Å². The number of ether oxygens (including phenoxy) is 1. The quantitative estimate of drug-likeness (QED) is 0.814. The first kappa shape index (κ1) is 18.9. The Morgan fingerprint density at radius 1 is 1.11 bits per heavy atom. The van der Waals surface area contributed by atoms with E-state index in [0.717, 1.165) is 32.5 Å². The molecule has 1 aliphatic rings. The van der Waals surface area contributed by atoms with Crippen LogP contribution in [-0.4, -0.2) is 48.6 Å². The van der Waals surface area contributed by atoms with Gasteiger partial charge in [0.1, 0.15) is 5.75 Å². The van der Waals surface area contributed by atoms with Crippen molar-refractivity contribution >= 4 is 6.09 Å². The number of amides is 1. The summed E-state index contributed by atoms with van der Waals surface area (Å²) in [6.07, 6.45) is 1.87. The highest BCUT2D eigenvalue weighted by Crippen LogP contribution is 2.15. The first-order valence-corrected chi connectivity index (χ1v) is 9.39. The van der Waals surface area contributed by atoms with Crippen molar-refractivity contribution in [2.45, 2.75) is 19.8 Å². The van der Waals surface area contributed by atoms with Crippen molar-refractivity contribution in [2.24, 2.45) is 0 Å². The standard InChI is InChI=1S/C22H25N3O2/c1-18-6-2-3-8-20(18)9-5-11-24-12-14-25(15-13-24)22(26)27-21-10-4-7-19(16-21)17-23/h2-4,6-8,10,16H,5,9,11-15H2,1H3. The van der Waals surface area contributed by atoms with Gasteiger partial charge in [-0.1, -0.05) is 30.3 Å². The first-order chi connectivity index (χ1) is 13.2. The van der Waals surface area contributed by atoms with Crippen molar-refractivity contribution in [2.75, 3.05) is 32.7 Å². The summed E-state index contributed by atoms with van der Waals surface area (Å²) in [5.41, 5.74) is 3.25. The van der Waals surface area contributed by atoms with Crippen molar-refractivity contribution in [1.82, 2.24) is 9.80 Å². The molecule has 1 fully saturated rings. The van der Waals surface area contributed by atoms with Crippen LogP contribution in [0, 0.1) is 18.3 Å². The van der Waals surface area contributed by atoms with E-state index in [0.29, 0.717) is 24.4 Å². The molecular weight excluding hydrogens is 338 g/mol. The predicted molar refractivity (Wildman–Crippen MR) is 105 cm³/mol. The number of hydrogen-bond donors (Lipinski definition) is 0. The molecule has 2 aromatic rings. The highest BCUT2D eigenvalue weighted by Gasteiger charge is 2.22. The second kappa shape index (κ2) is 9.20. The fourth-order valence-electron chi connectivity index (χ4n) is 3.33. The summed E-state index contributed by atoms with van der Waals surface area (Å²) >= 11 is 0. The van der Waals surface area contributed by atoms with Gasteiger partial charge in [-0.2, -0.15) is 5.26 Å². The van der Waals surface area contributed by atoms with Crippen LogP contribution in [0.25, 0.3) is 0 Å². The molecule has 0 radical (unpaired) electrons. The van der Waals surface area contributed by atoms with Crippen molar-refractivity contribution in [3.63, 3.8) is 0 Å². The molecule has 2 aromatic carbocycles. The Morgan fingerprint density at radius 3 is 2.63 bits per heavy atom. The lowest BCUT2D eigenvalue weighted by Crippen LogP contribution is -2.49. The molecule has 0 aliphatic carbocycles. The Morgan fingerprint density at radius 2 is 1.89 bits per heavy atom. The highest BCUT2D eigenvalue weighted by molar-refractivity contribution is 5.71. The molecule has 140 valence electrons. The zero-order chi connectivity index (χ0) is 19.1. The summed E-state index contributed by atoms with van der Waals surface area (Å²) in [6, 6.07) is 17.3. The van der Waals surface area contributed by atoms with E-state index in [4.69, 9.17) is 10.00 Å². The molecule has 0 bridgehead atoms. The van der Waals surface area contributed by atoms with Crippen LogP contribution in [0.2, 0.25) is 0 Å². The van der Waals surface area contributed by atoms with E-state index in [1.54, 1.807) is 29.2 Å². The maximum absolute atomic E-state index is 12.3.